The van der Waals surface area contributed by atoms with Crippen LogP contribution < -0.4 is 4.74 Å². The lowest BCUT2D eigenvalue weighted by atomic mass is 9.98. The molecule has 0 aliphatic rings. The van der Waals surface area contributed by atoms with Gasteiger partial charge in [-0.1, -0.05) is 15.9 Å². The molecule has 1 atom stereocenters. The largest absolute Gasteiger partial charge is 0.496 e. The summed E-state index contributed by atoms with van der Waals surface area (Å²) in [5.41, 5.74) is 0.683. The monoisotopic (exact) mass is 301 g/mol. The summed E-state index contributed by atoms with van der Waals surface area (Å²) in [6, 6.07) is 5.39. The van der Waals surface area contributed by atoms with E-state index in [1.165, 1.54) is 0 Å². The molecule has 0 aliphatic heterocycles. The Morgan fingerprint density at radius 2 is 2.18 bits per heavy atom. The van der Waals surface area contributed by atoms with Gasteiger partial charge in [0.05, 0.1) is 13.0 Å². The van der Waals surface area contributed by atoms with E-state index in [2.05, 4.69) is 15.9 Å². The van der Waals surface area contributed by atoms with Gasteiger partial charge in [0.1, 0.15) is 5.75 Å². The van der Waals surface area contributed by atoms with Gasteiger partial charge < -0.3 is 14.7 Å². The zero-order valence-electron chi connectivity index (χ0n) is 10.1. The Morgan fingerprint density at radius 3 is 2.65 bits per heavy atom. The van der Waals surface area contributed by atoms with Crippen LogP contribution in [0.2, 0.25) is 0 Å². The molecule has 1 rings (SSSR count). The van der Waals surface area contributed by atoms with Crippen LogP contribution in [0.4, 0.5) is 0 Å². The quantitative estimate of drug-likeness (QED) is 0.906. The second-order valence-electron chi connectivity index (χ2n) is 4.04. The fourth-order valence-corrected chi connectivity index (χ4v) is 2.03. The standard InChI is InChI=1S/C12H16BrNO3/c1-14(2)7-10(12(15)16)9-6-8(13)4-5-11(9)17-3/h4-6,10H,7H2,1-3H3,(H,15,16). The van der Waals surface area contributed by atoms with Crippen LogP contribution in [0, 0.1) is 0 Å². The van der Waals surface area contributed by atoms with Crippen LogP contribution in [0.1, 0.15) is 11.5 Å². The number of likely N-dealkylation sites (N-methyl/N-ethyl adjacent to an activating group) is 1. The summed E-state index contributed by atoms with van der Waals surface area (Å²) >= 11 is 3.35. The van der Waals surface area contributed by atoms with E-state index in [-0.39, 0.29) is 0 Å². The molecule has 1 N–H and O–H groups in total. The van der Waals surface area contributed by atoms with Crippen LogP contribution in [0.5, 0.6) is 5.75 Å². The van der Waals surface area contributed by atoms with Crippen LogP contribution in [0.25, 0.3) is 0 Å². The number of ether oxygens (including phenoxy) is 1. The van der Waals surface area contributed by atoms with Gasteiger partial charge in [0.2, 0.25) is 0 Å². The number of carboxylic acids is 1. The predicted octanol–water partition coefficient (Wildman–Crippen LogP) is 2.19. The maximum atomic E-state index is 11.3. The number of nitrogens with zero attached hydrogens (tertiary/aromatic N) is 1. The van der Waals surface area contributed by atoms with E-state index in [0.29, 0.717) is 17.9 Å². The summed E-state index contributed by atoms with van der Waals surface area (Å²) in [6.45, 7) is 0.433. The molecular formula is C12H16BrNO3. The molecule has 94 valence electrons. The lowest BCUT2D eigenvalue weighted by molar-refractivity contribution is -0.139. The Kier molecular flexibility index (Phi) is 4.96. The van der Waals surface area contributed by atoms with E-state index >= 15 is 0 Å². The highest BCUT2D eigenvalue weighted by atomic mass is 79.9. The zero-order chi connectivity index (χ0) is 13.0. The van der Waals surface area contributed by atoms with Crippen molar-refractivity contribution in [3.8, 4) is 5.75 Å². The highest BCUT2D eigenvalue weighted by Gasteiger charge is 2.24. The predicted molar refractivity (Wildman–Crippen MR) is 69.6 cm³/mol. The third-order valence-electron chi connectivity index (χ3n) is 2.41. The van der Waals surface area contributed by atoms with Gasteiger partial charge in [-0.05, 0) is 32.3 Å². The van der Waals surface area contributed by atoms with Crippen LogP contribution in [-0.2, 0) is 4.79 Å². The average Bonchev–Trinajstić information content (AvgIpc) is 2.25. The fraction of sp³-hybridized carbons (Fsp3) is 0.417. The molecule has 0 radical (unpaired) electrons. The van der Waals surface area contributed by atoms with Crippen molar-refractivity contribution in [1.82, 2.24) is 4.90 Å². The van der Waals surface area contributed by atoms with E-state index in [0.717, 1.165) is 4.47 Å². The molecule has 1 aromatic rings. The first kappa shape index (κ1) is 14.0. The molecule has 1 aromatic carbocycles. The van der Waals surface area contributed by atoms with Crippen molar-refractivity contribution in [1.29, 1.82) is 0 Å². The van der Waals surface area contributed by atoms with Crippen molar-refractivity contribution in [2.75, 3.05) is 27.7 Å². The molecular weight excluding hydrogens is 286 g/mol. The molecule has 0 saturated heterocycles. The first-order chi connectivity index (χ1) is 7.95. The van der Waals surface area contributed by atoms with E-state index in [1.807, 2.05) is 25.1 Å². The van der Waals surface area contributed by atoms with Crippen molar-refractivity contribution in [3.05, 3.63) is 28.2 Å². The number of hydrogen-bond acceptors (Lipinski definition) is 3. The molecule has 5 heteroatoms. The second-order valence-corrected chi connectivity index (χ2v) is 4.96. The summed E-state index contributed by atoms with van der Waals surface area (Å²) in [5, 5.41) is 9.29. The van der Waals surface area contributed by atoms with Gasteiger partial charge in [0.25, 0.3) is 0 Å². The van der Waals surface area contributed by atoms with Gasteiger partial charge >= 0.3 is 5.97 Å². The summed E-state index contributed by atoms with van der Waals surface area (Å²) < 4.78 is 6.06. The van der Waals surface area contributed by atoms with Crippen LogP contribution in [0.15, 0.2) is 22.7 Å². The van der Waals surface area contributed by atoms with Gasteiger partial charge in [0, 0.05) is 16.6 Å². The van der Waals surface area contributed by atoms with Gasteiger partial charge in [-0.25, -0.2) is 0 Å². The van der Waals surface area contributed by atoms with Crippen molar-refractivity contribution >= 4 is 21.9 Å². The highest BCUT2D eigenvalue weighted by molar-refractivity contribution is 9.10. The summed E-state index contributed by atoms with van der Waals surface area (Å²) in [7, 11) is 5.24. The summed E-state index contributed by atoms with van der Waals surface area (Å²) in [6.07, 6.45) is 0. The maximum Gasteiger partial charge on any atom is 0.312 e. The molecule has 0 heterocycles. The minimum absolute atomic E-state index is 0.433. The normalized spacial score (nSPS) is 12.5. The number of rotatable bonds is 5. The van der Waals surface area contributed by atoms with Crippen molar-refractivity contribution in [2.45, 2.75) is 5.92 Å². The number of carbonyl (C=O) groups is 1. The number of halogens is 1. The fourth-order valence-electron chi connectivity index (χ4n) is 1.65. The van der Waals surface area contributed by atoms with E-state index in [1.54, 1.807) is 19.2 Å². The van der Waals surface area contributed by atoms with Gasteiger partial charge in [-0.2, -0.15) is 0 Å². The Labute approximate surface area is 109 Å². The Morgan fingerprint density at radius 1 is 1.53 bits per heavy atom. The number of carboxylic acid groups (broad SMARTS) is 1. The molecule has 1 unspecified atom stereocenters. The lowest BCUT2D eigenvalue weighted by Crippen LogP contribution is -2.26. The zero-order valence-corrected chi connectivity index (χ0v) is 11.7. The number of hydrogen-bond donors (Lipinski definition) is 1. The molecule has 0 amide bonds. The van der Waals surface area contributed by atoms with Crippen molar-refractivity contribution in [2.24, 2.45) is 0 Å². The third kappa shape index (κ3) is 3.71. The first-order valence-corrected chi connectivity index (χ1v) is 5.96. The van der Waals surface area contributed by atoms with E-state index in [9.17, 15) is 9.90 Å². The first-order valence-electron chi connectivity index (χ1n) is 5.16. The molecule has 0 saturated carbocycles. The average molecular weight is 302 g/mol. The number of aliphatic carboxylic acids is 1. The second kappa shape index (κ2) is 6.02. The van der Waals surface area contributed by atoms with Crippen LogP contribution in [0.3, 0.4) is 0 Å². The molecule has 0 aromatic heterocycles. The Hall–Kier alpha value is -1.07. The highest BCUT2D eigenvalue weighted by Crippen LogP contribution is 2.30. The number of methoxy groups -OCH3 is 1. The molecule has 0 bridgehead atoms. The van der Waals surface area contributed by atoms with Crippen molar-refractivity contribution < 1.29 is 14.6 Å². The van der Waals surface area contributed by atoms with Gasteiger partial charge in [0.15, 0.2) is 0 Å². The number of benzene rings is 1. The third-order valence-corrected chi connectivity index (χ3v) is 2.91. The van der Waals surface area contributed by atoms with E-state index in [4.69, 9.17) is 4.74 Å². The van der Waals surface area contributed by atoms with Crippen LogP contribution in [-0.4, -0.2) is 43.7 Å². The SMILES string of the molecule is COc1ccc(Br)cc1C(CN(C)C)C(=O)O. The topological polar surface area (TPSA) is 49.8 Å². The van der Waals surface area contributed by atoms with E-state index < -0.39 is 11.9 Å². The minimum atomic E-state index is -0.852. The van der Waals surface area contributed by atoms with Gasteiger partial charge in [-0.3, -0.25) is 4.79 Å². The Balaban J connectivity index is 3.16. The molecule has 17 heavy (non-hydrogen) atoms. The molecule has 0 aliphatic carbocycles. The van der Waals surface area contributed by atoms with Gasteiger partial charge in [-0.15, -0.1) is 0 Å². The molecule has 4 nitrogen and oxygen atoms in total. The summed E-state index contributed by atoms with van der Waals surface area (Å²) in [4.78, 5) is 13.2. The summed E-state index contributed by atoms with van der Waals surface area (Å²) in [5.74, 6) is -0.852. The lowest BCUT2D eigenvalue weighted by Gasteiger charge is -2.20. The minimum Gasteiger partial charge on any atom is -0.496 e. The smallest absolute Gasteiger partial charge is 0.312 e. The van der Waals surface area contributed by atoms with Crippen LogP contribution >= 0.6 is 15.9 Å². The molecule has 0 fully saturated rings. The Bertz CT molecular complexity index is 407. The molecule has 0 spiro atoms. The van der Waals surface area contributed by atoms with Crippen molar-refractivity contribution in [3.63, 3.8) is 0 Å². The maximum absolute atomic E-state index is 11.3.